The molecule has 2 aromatic heterocycles. The molecule has 1 amide bonds. The molecule has 0 saturated carbocycles. The van der Waals surface area contributed by atoms with Crippen LogP contribution in [0, 0.1) is 12.8 Å². The normalized spacial score (nSPS) is 18.3. The number of carbonyl (C=O) groups excluding carboxylic acids is 1. The van der Waals surface area contributed by atoms with Crippen LogP contribution in [0.15, 0.2) is 22.7 Å². The van der Waals surface area contributed by atoms with Crippen molar-refractivity contribution in [3.8, 4) is 11.4 Å². The molecule has 8 heteroatoms. The first-order chi connectivity index (χ1) is 14.1. The van der Waals surface area contributed by atoms with E-state index in [9.17, 15) is 4.79 Å². The van der Waals surface area contributed by atoms with Gasteiger partial charge in [-0.2, -0.15) is 10.1 Å². The zero-order valence-corrected chi connectivity index (χ0v) is 16.8. The van der Waals surface area contributed by atoms with Gasteiger partial charge in [0, 0.05) is 49.3 Å². The molecule has 29 heavy (non-hydrogen) atoms. The first-order valence-corrected chi connectivity index (χ1v) is 10.2. The van der Waals surface area contributed by atoms with E-state index in [0.717, 1.165) is 61.3 Å². The van der Waals surface area contributed by atoms with Crippen molar-refractivity contribution in [3.05, 3.63) is 29.8 Å². The fourth-order valence-corrected chi connectivity index (χ4v) is 4.25. The number of carbonyl (C=O) groups is 1. The SMILES string of the molecule is Cc1nn(C)c2cc(-c3noc(C4CCN(C(=O)CC5COC5)CC4)n3)ccc12. The Morgan fingerprint density at radius 2 is 2.03 bits per heavy atom. The largest absolute Gasteiger partial charge is 0.381 e. The number of likely N-dealkylation sites (tertiary alicyclic amines) is 1. The fourth-order valence-electron chi connectivity index (χ4n) is 4.25. The number of aryl methyl sites for hydroxylation is 2. The Morgan fingerprint density at radius 1 is 1.24 bits per heavy atom. The first kappa shape index (κ1) is 18.3. The summed E-state index contributed by atoms with van der Waals surface area (Å²) in [6, 6.07) is 6.12. The number of rotatable bonds is 4. The van der Waals surface area contributed by atoms with E-state index in [-0.39, 0.29) is 11.8 Å². The van der Waals surface area contributed by atoms with E-state index < -0.39 is 0 Å². The molecule has 4 heterocycles. The number of fused-ring (bicyclic) bond motifs is 1. The van der Waals surface area contributed by atoms with Gasteiger partial charge in [0.05, 0.1) is 24.4 Å². The van der Waals surface area contributed by atoms with Gasteiger partial charge >= 0.3 is 0 Å². The van der Waals surface area contributed by atoms with E-state index in [0.29, 0.717) is 24.1 Å². The number of aromatic nitrogens is 4. The van der Waals surface area contributed by atoms with Gasteiger partial charge in [0.15, 0.2) is 0 Å². The van der Waals surface area contributed by atoms with Crippen molar-refractivity contribution in [1.82, 2.24) is 24.8 Å². The lowest BCUT2D eigenvalue weighted by Gasteiger charge is -2.33. The number of hydrogen-bond donors (Lipinski definition) is 0. The zero-order chi connectivity index (χ0) is 20.0. The Morgan fingerprint density at radius 3 is 2.76 bits per heavy atom. The van der Waals surface area contributed by atoms with Gasteiger partial charge in [-0.25, -0.2) is 0 Å². The topological polar surface area (TPSA) is 86.3 Å². The summed E-state index contributed by atoms with van der Waals surface area (Å²) in [5, 5.41) is 9.80. The van der Waals surface area contributed by atoms with E-state index in [1.807, 2.05) is 29.6 Å². The van der Waals surface area contributed by atoms with Crippen LogP contribution in [0.5, 0.6) is 0 Å². The molecular weight excluding hydrogens is 370 g/mol. The Balaban J connectivity index is 1.26. The molecule has 0 aliphatic carbocycles. The average Bonchev–Trinajstić information content (AvgIpc) is 3.30. The minimum atomic E-state index is 0.204. The highest BCUT2D eigenvalue weighted by atomic mass is 16.5. The van der Waals surface area contributed by atoms with Crippen LogP contribution in [0.4, 0.5) is 0 Å². The molecule has 2 aliphatic rings. The van der Waals surface area contributed by atoms with Crippen molar-refractivity contribution < 1.29 is 14.1 Å². The van der Waals surface area contributed by atoms with E-state index in [2.05, 4.69) is 27.4 Å². The third kappa shape index (κ3) is 3.42. The van der Waals surface area contributed by atoms with Crippen molar-refractivity contribution in [2.75, 3.05) is 26.3 Å². The second-order valence-electron chi connectivity index (χ2n) is 8.16. The third-order valence-electron chi connectivity index (χ3n) is 6.10. The average molecular weight is 395 g/mol. The molecule has 0 spiro atoms. The number of piperidine rings is 1. The van der Waals surface area contributed by atoms with Crippen LogP contribution in [0.1, 0.15) is 36.8 Å². The van der Waals surface area contributed by atoms with Gasteiger partial charge in [-0.15, -0.1) is 0 Å². The van der Waals surface area contributed by atoms with Crippen LogP contribution in [0.25, 0.3) is 22.3 Å². The van der Waals surface area contributed by atoms with E-state index in [1.165, 1.54) is 0 Å². The summed E-state index contributed by atoms with van der Waals surface area (Å²) in [7, 11) is 1.94. The summed E-state index contributed by atoms with van der Waals surface area (Å²) >= 11 is 0. The molecule has 2 aliphatic heterocycles. The van der Waals surface area contributed by atoms with Crippen LogP contribution < -0.4 is 0 Å². The molecule has 152 valence electrons. The molecule has 5 rings (SSSR count). The van der Waals surface area contributed by atoms with Crippen LogP contribution in [-0.4, -0.2) is 57.0 Å². The van der Waals surface area contributed by atoms with Gasteiger partial charge in [-0.05, 0) is 25.8 Å². The predicted molar refractivity (Wildman–Crippen MR) is 106 cm³/mol. The number of hydrogen-bond acceptors (Lipinski definition) is 6. The Hall–Kier alpha value is -2.74. The highest BCUT2D eigenvalue weighted by molar-refractivity contribution is 5.85. The summed E-state index contributed by atoms with van der Waals surface area (Å²) in [5.41, 5.74) is 2.98. The zero-order valence-electron chi connectivity index (χ0n) is 16.8. The van der Waals surface area contributed by atoms with Crippen molar-refractivity contribution in [1.29, 1.82) is 0 Å². The summed E-state index contributed by atoms with van der Waals surface area (Å²) in [4.78, 5) is 19.0. The molecule has 2 saturated heterocycles. The monoisotopic (exact) mass is 395 g/mol. The fraction of sp³-hybridized carbons (Fsp3) is 0.524. The van der Waals surface area contributed by atoms with Crippen molar-refractivity contribution in [2.45, 2.75) is 32.1 Å². The van der Waals surface area contributed by atoms with E-state index >= 15 is 0 Å². The molecule has 3 aromatic rings. The summed E-state index contributed by atoms with van der Waals surface area (Å²) in [6.45, 7) is 4.93. The lowest BCUT2D eigenvalue weighted by atomic mass is 9.95. The van der Waals surface area contributed by atoms with E-state index in [4.69, 9.17) is 9.26 Å². The highest BCUT2D eigenvalue weighted by Crippen LogP contribution is 2.30. The van der Waals surface area contributed by atoms with Crippen molar-refractivity contribution in [3.63, 3.8) is 0 Å². The van der Waals surface area contributed by atoms with Gasteiger partial charge in [0.1, 0.15) is 0 Å². The lowest BCUT2D eigenvalue weighted by molar-refractivity contribution is -0.137. The maximum Gasteiger partial charge on any atom is 0.230 e. The number of benzene rings is 1. The number of nitrogens with zero attached hydrogens (tertiary/aromatic N) is 5. The molecule has 2 fully saturated rings. The molecule has 0 N–H and O–H groups in total. The third-order valence-corrected chi connectivity index (χ3v) is 6.10. The lowest BCUT2D eigenvalue weighted by Crippen LogP contribution is -2.41. The molecule has 1 aromatic carbocycles. The summed E-state index contributed by atoms with van der Waals surface area (Å²) in [5.74, 6) is 2.11. The molecule has 0 bridgehead atoms. The van der Waals surface area contributed by atoms with Gasteiger partial charge in [0.25, 0.3) is 0 Å². The smallest absolute Gasteiger partial charge is 0.230 e. The Kier molecular flexibility index (Phi) is 4.58. The quantitative estimate of drug-likeness (QED) is 0.675. The van der Waals surface area contributed by atoms with Crippen molar-refractivity contribution in [2.24, 2.45) is 13.0 Å². The Labute approximate surface area is 168 Å². The van der Waals surface area contributed by atoms with Crippen LogP contribution in [0.3, 0.4) is 0 Å². The second kappa shape index (κ2) is 7.26. The number of ether oxygens (including phenoxy) is 1. The minimum absolute atomic E-state index is 0.204. The molecule has 0 atom stereocenters. The van der Waals surface area contributed by atoms with E-state index in [1.54, 1.807) is 0 Å². The van der Waals surface area contributed by atoms with Gasteiger partial charge in [-0.1, -0.05) is 17.3 Å². The summed E-state index contributed by atoms with van der Waals surface area (Å²) in [6.07, 6.45) is 2.31. The standard InChI is InChI=1S/C21H25N5O3/c1-13-17-4-3-16(10-18(17)25(2)23-13)20-22-21(29-24-20)15-5-7-26(8-6-15)19(27)9-14-11-28-12-14/h3-4,10,14-15H,5-9,11-12H2,1-2H3. The minimum Gasteiger partial charge on any atom is -0.381 e. The van der Waals surface area contributed by atoms with Gasteiger partial charge in [-0.3, -0.25) is 9.48 Å². The van der Waals surface area contributed by atoms with Crippen LogP contribution in [0.2, 0.25) is 0 Å². The predicted octanol–water partition coefficient (Wildman–Crippen LogP) is 2.67. The first-order valence-electron chi connectivity index (χ1n) is 10.2. The maximum absolute atomic E-state index is 12.4. The number of amides is 1. The summed E-state index contributed by atoms with van der Waals surface area (Å²) < 4.78 is 12.6. The van der Waals surface area contributed by atoms with Gasteiger partial charge in [0.2, 0.25) is 17.6 Å². The van der Waals surface area contributed by atoms with Crippen molar-refractivity contribution >= 4 is 16.8 Å². The molecule has 0 radical (unpaired) electrons. The molecular formula is C21H25N5O3. The van der Waals surface area contributed by atoms with Crippen LogP contribution >= 0.6 is 0 Å². The Bertz CT molecular complexity index is 1040. The van der Waals surface area contributed by atoms with Crippen LogP contribution in [-0.2, 0) is 16.6 Å². The van der Waals surface area contributed by atoms with Gasteiger partial charge < -0.3 is 14.2 Å². The molecule has 0 unspecified atom stereocenters. The second-order valence-corrected chi connectivity index (χ2v) is 8.16. The highest BCUT2D eigenvalue weighted by Gasteiger charge is 2.30. The maximum atomic E-state index is 12.4. The molecule has 8 nitrogen and oxygen atoms in total.